The molecular formula is C10H14O4. The molecule has 4 heteroatoms. The van der Waals surface area contributed by atoms with Crippen LogP contribution in [0.25, 0.3) is 0 Å². The molecule has 1 saturated heterocycles. The molecule has 1 aliphatic rings. The van der Waals surface area contributed by atoms with Crippen LogP contribution in [0.1, 0.15) is 26.2 Å². The molecule has 0 radical (unpaired) electrons. The van der Waals surface area contributed by atoms with Crippen molar-refractivity contribution in [3.63, 3.8) is 0 Å². The maximum atomic E-state index is 11.1. The van der Waals surface area contributed by atoms with Gasteiger partial charge in [0.05, 0.1) is 0 Å². The van der Waals surface area contributed by atoms with Crippen LogP contribution in [0.2, 0.25) is 0 Å². The minimum absolute atomic E-state index is 0.266. The topological polar surface area (TPSA) is 52.6 Å². The normalized spacial score (nSPS) is 22.2. The largest absolute Gasteiger partial charge is 0.451 e. The van der Waals surface area contributed by atoms with Crippen LogP contribution in [0.5, 0.6) is 0 Å². The quantitative estimate of drug-likeness (QED) is 0.387. The second-order valence-electron chi connectivity index (χ2n) is 3.09. The number of unbranched alkanes of at least 4 members (excludes halogenated alkanes) is 2. The van der Waals surface area contributed by atoms with Crippen LogP contribution in [-0.2, 0) is 19.1 Å². The molecule has 1 rings (SSSR count). The summed E-state index contributed by atoms with van der Waals surface area (Å²) in [6.45, 7) is 1.82. The zero-order valence-corrected chi connectivity index (χ0v) is 8.19. The van der Waals surface area contributed by atoms with Gasteiger partial charge in [0.15, 0.2) is 6.61 Å². The molecular weight excluding hydrogens is 184 g/mol. The average Bonchev–Trinajstić information content (AvgIpc) is 2.18. The van der Waals surface area contributed by atoms with Crippen molar-refractivity contribution in [1.29, 1.82) is 0 Å². The van der Waals surface area contributed by atoms with Gasteiger partial charge >= 0.3 is 11.9 Å². The number of hydrogen-bond donors (Lipinski definition) is 0. The predicted octanol–water partition coefficient (Wildman–Crippen LogP) is 1.20. The van der Waals surface area contributed by atoms with E-state index >= 15 is 0 Å². The third-order valence-electron chi connectivity index (χ3n) is 1.86. The van der Waals surface area contributed by atoms with Gasteiger partial charge in [0.2, 0.25) is 6.10 Å². The van der Waals surface area contributed by atoms with Gasteiger partial charge in [-0.1, -0.05) is 25.8 Å². The summed E-state index contributed by atoms with van der Waals surface area (Å²) < 4.78 is 9.37. The molecule has 0 aliphatic carbocycles. The molecule has 1 aliphatic heterocycles. The summed E-state index contributed by atoms with van der Waals surface area (Å²) in [5, 5.41) is 0. The number of ether oxygens (including phenoxy) is 2. The van der Waals surface area contributed by atoms with Crippen LogP contribution in [0.4, 0.5) is 0 Å². The Morgan fingerprint density at radius 1 is 1.50 bits per heavy atom. The van der Waals surface area contributed by atoms with E-state index in [-0.39, 0.29) is 6.61 Å². The average molecular weight is 198 g/mol. The molecule has 1 heterocycles. The maximum absolute atomic E-state index is 11.1. The Bertz CT molecular complexity index is 245. The van der Waals surface area contributed by atoms with Crippen LogP contribution in [0.3, 0.4) is 0 Å². The number of esters is 2. The molecule has 78 valence electrons. The molecule has 4 nitrogen and oxygen atoms in total. The molecule has 0 aromatic heterocycles. The SMILES string of the molecule is CCCCC=CC1OC(=O)COC1=O. The molecule has 1 atom stereocenters. The lowest BCUT2D eigenvalue weighted by molar-refractivity contribution is -0.180. The molecule has 0 N–H and O–H groups in total. The number of hydrogen-bond acceptors (Lipinski definition) is 4. The summed E-state index contributed by atoms with van der Waals surface area (Å²) in [5.41, 5.74) is 0. The van der Waals surface area contributed by atoms with Gasteiger partial charge in [0.25, 0.3) is 0 Å². The van der Waals surface area contributed by atoms with Gasteiger partial charge in [-0.05, 0) is 12.5 Å². The number of allylic oxidation sites excluding steroid dienone is 1. The summed E-state index contributed by atoms with van der Waals surface area (Å²) in [6, 6.07) is 0. The van der Waals surface area contributed by atoms with E-state index in [0.29, 0.717) is 0 Å². The van der Waals surface area contributed by atoms with Crippen molar-refractivity contribution in [2.24, 2.45) is 0 Å². The van der Waals surface area contributed by atoms with Crippen LogP contribution >= 0.6 is 0 Å². The van der Waals surface area contributed by atoms with Gasteiger partial charge in [0, 0.05) is 0 Å². The van der Waals surface area contributed by atoms with E-state index in [1.54, 1.807) is 6.08 Å². The molecule has 14 heavy (non-hydrogen) atoms. The fourth-order valence-electron chi connectivity index (χ4n) is 1.10. The summed E-state index contributed by atoms with van der Waals surface area (Å²) >= 11 is 0. The zero-order chi connectivity index (χ0) is 10.4. The van der Waals surface area contributed by atoms with Crippen molar-refractivity contribution < 1.29 is 19.1 Å². The first-order valence-electron chi connectivity index (χ1n) is 4.77. The first-order chi connectivity index (χ1) is 6.74. The van der Waals surface area contributed by atoms with E-state index in [1.165, 1.54) is 0 Å². The Balaban J connectivity index is 2.37. The maximum Gasteiger partial charge on any atom is 0.352 e. The summed E-state index contributed by atoms with van der Waals surface area (Å²) in [4.78, 5) is 21.8. The molecule has 0 aromatic carbocycles. The minimum atomic E-state index is -0.840. The monoisotopic (exact) mass is 198 g/mol. The van der Waals surface area contributed by atoms with Crippen molar-refractivity contribution in [3.05, 3.63) is 12.2 Å². The molecule has 0 spiro atoms. The molecule has 1 unspecified atom stereocenters. The van der Waals surface area contributed by atoms with Gasteiger partial charge in [0.1, 0.15) is 0 Å². The van der Waals surface area contributed by atoms with Crippen molar-refractivity contribution in [2.45, 2.75) is 32.3 Å². The third kappa shape index (κ3) is 3.20. The molecule has 0 aromatic rings. The summed E-state index contributed by atoms with van der Waals surface area (Å²) in [6.07, 6.45) is 5.62. The molecule has 0 bridgehead atoms. The Labute approximate surface area is 82.9 Å². The lowest BCUT2D eigenvalue weighted by Crippen LogP contribution is -2.36. The fraction of sp³-hybridized carbons (Fsp3) is 0.600. The number of carbonyl (C=O) groups is 2. The van der Waals surface area contributed by atoms with Crippen molar-refractivity contribution >= 4 is 11.9 Å². The standard InChI is InChI=1S/C10H14O4/c1-2-3-4-5-6-8-10(12)13-7-9(11)14-8/h5-6,8H,2-4,7H2,1H3. The second-order valence-corrected chi connectivity index (χ2v) is 3.09. The Kier molecular flexibility index (Phi) is 4.16. The van der Waals surface area contributed by atoms with Crippen LogP contribution in [0.15, 0.2) is 12.2 Å². The fourth-order valence-corrected chi connectivity index (χ4v) is 1.10. The van der Waals surface area contributed by atoms with E-state index < -0.39 is 18.0 Å². The third-order valence-corrected chi connectivity index (χ3v) is 1.86. The van der Waals surface area contributed by atoms with Gasteiger partial charge in [-0.3, -0.25) is 0 Å². The predicted molar refractivity (Wildman–Crippen MR) is 49.5 cm³/mol. The lowest BCUT2D eigenvalue weighted by Gasteiger charge is -2.18. The van der Waals surface area contributed by atoms with Gasteiger partial charge in [-0.15, -0.1) is 0 Å². The zero-order valence-electron chi connectivity index (χ0n) is 8.19. The van der Waals surface area contributed by atoms with E-state index in [4.69, 9.17) is 4.74 Å². The van der Waals surface area contributed by atoms with Crippen molar-refractivity contribution in [1.82, 2.24) is 0 Å². The highest BCUT2D eigenvalue weighted by atomic mass is 16.6. The number of cyclic esters (lactones) is 2. The van der Waals surface area contributed by atoms with Crippen molar-refractivity contribution in [3.8, 4) is 0 Å². The molecule has 0 amide bonds. The molecule has 0 saturated carbocycles. The second kappa shape index (κ2) is 5.42. The van der Waals surface area contributed by atoms with E-state index in [9.17, 15) is 9.59 Å². The molecule has 1 fully saturated rings. The Hall–Kier alpha value is -1.32. The lowest BCUT2D eigenvalue weighted by atomic mass is 10.2. The van der Waals surface area contributed by atoms with Crippen LogP contribution in [-0.4, -0.2) is 24.6 Å². The highest BCUT2D eigenvalue weighted by Crippen LogP contribution is 2.06. The Morgan fingerprint density at radius 2 is 2.29 bits per heavy atom. The van der Waals surface area contributed by atoms with E-state index in [2.05, 4.69) is 11.7 Å². The first kappa shape index (κ1) is 10.8. The van der Waals surface area contributed by atoms with Crippen LogP contribution < -0.4 is 0 Å². The van der Waals surface area contributed by atoms with Gasteiger partial charge in [-0.25, -0.2) is 9.59 Å². The van der Waals surface area contributed by atoms with E-state index in [0.717, 1.165) is 19.3 Å². The Morgan fingerprint density at radius 3 is 3.00 bits per heavy atom. The van der Waals surface area contributed by atoms with Crippen LogP contribution in [0, 0.1) is 0 Å². The van der Waals surface area contributed by atoms with Crippen molar-refractivity contribution in [2.75, 3.05) is 6.61 Å². The summed E-state index contributed by atoms with van der Waals surface area (Å²) in [7, 11) is 0. The van der Waals surface area contributed by atoms with Gasteiger partial charge in [-0.2, -0.15) is 0 Å². The van der Waals surface area contributed by atoms with E-state index in [1.807, 2.05) is 6.08 Å². The smallest absolute Gasteiger partial charge is 0.352 e. The highest BCUT2D eigenvalue weighted by molar-refractivity contribution is 5.86. The van der Waals surface area contributed by atoms with Gasteiger partial charge < -0.3 is 9.47 Å². The first-order valence-corrected chi connectivity index (χ1v) is 4.77. The summed E-state index contributed by atoms with van der Waals surface area (Å²) in [5.74, 6) is -0.980. The minimum Gasteiger partial charge on any atom is -0.451 e. The highest BCUT2D eigenvalue weighted by Gasteiger charge is 2.27. The number of carbonyl (C=O) groups excluding carboxylic acids is 2. The number of rotatable bonds is 4.